The maximum Gasteiger partial charge on any atom is 0.242 e. The van der Waals surface area contributed by atoms with Crippen molar-refractivity contribution >= 4 is 23.2 Å². The van der Waals surface area contributed by atoms with Crippen LogP contribution in [-0.2, 0) is 20.7 Å². The third-order valence-corrected chi connectivity index (χ3v) is 8.00. The SMILES string of the molecule is COCCCN(CC(=O)N1CCc2sccc2[C@H]1COc1ccccc1OC)C(=O)C1CCCC1. The molecule has 8 heteroatoms. The molecule has 1 aliphatic heterocycles. The number of fused-ring (bicyclic) bond motifs is 1. The van der Waals surface area contributed by atoms with E-state index in [1.807, 2.05) is 29.2 Å². The predicted octanol–water partition coefficient (Wildman–Crippen LogP) is 4.32. The number of carbonyl (C=O) groups excluding carboxylic acids is 2. The lowest BCUT2D eigenvalue weighted by atomic mass is 10.00. The van der Waals surface area contributed by atoms with E-state index in [2.05, 4.69) is 11.4 Å². The third kappa shape index (κ3) is 6.16. The number of hydrogen-bond donors (Lipinski definition) is 0. The number of methoxy groups -OCH3 is 2. The average molecular weight is 501 g/mol. The topological polar surface area (TPSA) is 68.3 Å². The van der Waals surface area contributed by atoms with E-state index in [0.717, 1.165) is 44.1 Å². The zero-order valence-electron chi connectivity index (χ0n) is 20.7. The molecule has 2 amide bonds. The van der Waals surface area contributed by atoms with Crippen LogP contribution in [0.4, 0.5) is 0 Å². The first-order chi connectivity index (χ1) is 17.1. The highest BCUT2D eigenvalue weighted by Gasteiger charge is 2.35. The summed E-state index contributed by atoms with van der Waals surface area (Å²) in [5.41, 5.74) is 1.14. The van der Waals surface area contributed by atoms with Crippen molar-refractivity contribution in [1.29, 1.82) is 0 Å². The lowest BCUT2D eigenvalue weighted by Crippen LogP contribution is -2.49. The van der Waals surface area contributed by atoms with Gasteiger partial charge in [-0.2, -0.15) is 0 Å². The Labute approximate surface area is 212 Å². The number of rotatable bonds is 11. The molecule has 0 saturated heterocycles. The second kappa shape index (κ2) is 12.4. The van der Waals surface area contributed by atoms with E-state index >= 15 is 0 Å². The summed E-state index contributed by atoms with van der Waals surface area (Å²) in [6, 6.07) is 9.44. The van der Waals surface area contributed by atoms with Crippen molar-refractivity contribution in [3.05, 3.63) is 46.2 Å². The molecule has 35 heavy (non-hydrogen) atoms. The van der Waals surface area contributed by atoms with Gasteiger partial charge in [-0.3, -0.25) is 9.59 Å². The number of nitrogens with zero attached hydrogens (tertiary/aromatic N) is 2. The fourth-order valence-electron chi connectivity index (χ4n) is 5.13. The number of para-hydroxylation sites is 2. The van der Waals surface area contributed by atoms with Crippen LogP contribution in [0, 0.1) is 5.92 Å². The summed E-state index contributed by atoms with van der Waals surface area (Å²) in [6.45, 7) is 2.16. The van der Waals surface area contributed by atoms with E-state index in [9.17, 15) is 9.59 Å². The van der Waals surface area contributed by atoms with Gasteiger partial charge in [0.15, 0.2) is 11.5 Å². The second-order valence-electron chi connectivity index (χ2n) is 9.20. The summed E-state index contributed by atoms with van der Waals surface area (Å²) in [7, 11) is 3.28. The molecule has 0 unspecified atom stereocenters. The van der Waals surface area contributed by atoms with Crippen molar-refractivity contribution in [2.75, 3.05) is 47.1 Å². The Hall–Kier alpha value is -2.58. The van der Waals surface area contributed by atoms with Gasteiger partial charge in [-0.15, -0.1) is 11.3 Å². The third-order valence-electron chi connectivity index (χ3n) is 7.00. The maximum atomic E-state index is 13.7. The monoisotopic (exact) mass is 500 g/mol. The average Bonchev–Trinajstić information content (AvgIpc) is 3.59. The quantitative estimate of drug-likeness (QED) is 0.430. The summed E-state index contributed by atoms with van der Waals surface area (Å²) in [6.07, 6.45) is 5.56. The van der Waals surface area contributed by atoms with Crippen molar-refractivity contribution in [2.45, 2.75) is 44.6 Å². The molecule has 7 nitrogen and oxygen atoms in total. The smallest absolute Gasteiger partial charge is 0.242 e. The molecule has 2 aliphatic rings. The highest BCUT2D eigenvalue weighted by molar-refractivity contribution is 7.10. The van der Waals surface area contributed by atoms with Crippen LogP contribution in [0.2, 0.25) is 0 Å². The van der Waals surface area contributed by atoms with Crippen LogP contribution >= 0.6 is 11.3 Å². The summed E-state index contributed by atoms with van der Waals surface area (Å²) in [4.78, 5) is 31.9. The molecule has 1 atom stereocenters. The Balaban J connectivity index is 1.49. The predicted molar refractivity (Wildman–Crippen MR) is 136 cm³/mol. The van der Waals surface area contributed by atoms with Crippen LogP contribution in [0.15, 0.2) is 35.7 Å². The molecule has 0 radical (unpaired) electrons. The first kappa shape index (κ1) is 25.5. The Bertz CT molecular complexity index is 987. The number of thiophene rings is 1. The van der Waals surface area contributed by atoms with Crippen molar-refractivity contribution in [3.8, 4) is 11.5 Å². The molecule has 4 rings (SSSR count). The minimum atomic E-state index is -0.204. The van der Waals surface area contributed by atoms with E-state index < -0.39 is 0 Å². The number of ether oxygens (including phenoxy) is 3. The van der Waals surface area contributed by atoms with Gasteiger partial charge in [-0.1, -0.05) is 25.0 Å². The first-order valence-electron chi connectivity index (χ1n) is 12.5. The number of carbonyl (C=O) groups is 2. The van der Waals surface area contributed by atoms with Crippen LogP contribution in [0.3, 0.4) is 0 Å². The minimum absolute atomic E-state index is 0.0285. The van der Waals surface area contributed by atoms with Gasteiger partial charge in [-0.25, -0.2) is 0 Å². The molecule has 1 aromatic carbocycles. The van der Waals surface area contributed by atoms with E-state index in [1.54, 1.807) is 30.5 Å². The number of benzene rings is 1. The summed E-state index contributed by atoms with van der Waals surface area (Å²) in [5, 5.41) is 2.08. The van der Waals surface area contributed by atoms with E-state index in [0.29, 0.717) is 37.8 Å². The molecule has 190 valence electrons. The van der Waals surface area contributed by atoms with Crippen molar-refractivity contribution in [2.24, 2.45) is 5.92 Å². The van der Waals surface area contributed by atoms with Crippen molar-refractivity contribution < 1.29 is 23.8 Å². The minimum Gasteiger partial charge on any atom is -0.493 e. The van der Waals surface area contributed by atoms with Gasteiger partial charge in [0.2, 0.25) is 11.8 Å². The fraction of sp³-hybridized carbons (Fsp3) is 0.556. The molecule has 0 spiro atoms. The molecule has 2 aromatic rings. The van der Waals surface area contributed by atoms with E-state index in [-0.39, 0.29) is 30.3 Å². The highest BCUT2D eigenvalue weighted by Crippen LogP contribution is 2.35. The Kier molecular flexibility index (Phi) is 9.04. The zero-order valence-corrected chi connectivity index (χ0v) is 21.6. The maximum absolute atomic E-state index is 13.7. The number of amides is 2. The van der Waals surface area contributed by atoms with Crippen LogP contribution in [0.25, 0.3) is 0 Å². The Morgan fingerprint density at radius 3 is 2.63 bits per heavy atom. The van der Waals surface area contributed by atoms with Crippen LogP contribution < -0.4 is 9.47 Å². The van der Waals surface area contributed by atoms with Crippen LogP contribution in [-0.4, -0.2) is 68.7 Å². The Morgan fingerprint density at radius 2 is 1.89 bits per heavy atom. The molecule has 1 aliphatic carbocycles. The fourth-order valence-corrected chi connectivity index (χ4v) is 6.06. The molecule has 0 bridgehead atoms. The standard InChI is InChI=1S/C27H36N2O5S/c1-32-16-7-14-28(27(31)20-8-3-4-9-20)18-26(30)29-15-12-25-21(13-17-35-25)22(29)19-34-24-11-6-5-10-23(24)33-2/h5-6,10-11,13,17,20,22H,3-4,7-9,12,14-16,18-19H2,1-2H3/t22-/m1/s1. The van der Waals surface area contributed by atoms with Gasteiger partial charge in [-0.05, 0) is 54.8 Å². The summed E-state index contributed by atoms with van der Waals surface area (Å²) < 4.78 is 16.8. The van der Waals surface area contributed by atoms with Gasteiger partial charge in [0, 0.05) is 37.6 Å². The van der Waals surface area contributed by atoms with Gasteiger partial charge >= 0.3 is 0 Å². The molecule has 1 saturated carbocycles. The van der Waals surface area contributed by atoms with Gasteiger partial charge in [0.1, 0.15) is 6.61 Å². The van der Waals surface area contributed by atoms with Crippen LogP contribution in [0.1, 0.15) is 48.6 Å². The van der Waals surface area contributed by atoms with Gasteiger partial charge in [0.05, 0.1) is 19.7 Å². The highest BCUT2D eigenvalue weighted by atomic mass is 32.1. The molecular weight excluding hydrogens is 464 g/mol. The van der Waals surface area contributed by atoms with Gasteiger partial charge in [0.25, 0.3) is 0 Å². The van der Waals surface area contributed by atoms with E-state index in [1.165, 1.54) is 4.88 Å². The Morgan fingerprint density at radius 1 is 1.11 bits per heavy atom. The zero-order chi connectivity index (χ0) is 24.6. The lowest BCUT2D eigenvalue weighted by molar-refractivity contribution is -0.144. The summed E-state index contributed by atoms with van der Waals surface area (Å²) in [5.74, 6) is 1.45. The van der Waals surface area contributed by atoms with Gasteiger partial charge < -0.3 is 24.0 Å². The summed E-state index contributed by atoms with van der Waals surface area (Å²) >= 11 is 1.72. The molecule has 0 N–H and O–H groups in total. The molecule has 2 heterocycles. The number of hydrogen-bond acceptors (Lipinski definition) is 6. The second-order valence-corrected chi connectivity index (χ2v) is 10.2. The first-order valence-corrected chi connectivity index (χ1v) is 13.4. The normalized spacial score (nSPS) is 17.8. The molecular formula is C27H36N2O5S. The van der Waals surface area contributed by atoms with Crippen molar-refractivity contribution in [1.82, 2.24) is 9.80 Å². The van der Waals surface area contributed by atoms with Crippen molar-refractivity contribution in [3.63, 3.8) is 0 Å². The molecule has 1 aromatic heterocycles. The van der Waals surface area contributed by atoms with Crippen LogP contribution in [0.5, 0.6) is 11.5 Å². The molecule has 1 fully saturated rings. The largest absolute Gasteiger partial charge is 0.493 e. The lowest BCUT2D eigenvalue weighted by Gasteiger charge is -2.37. The van der Waals surface area contributed by atoms with E-state index in [4.69, 9.17) is 14.2 Å².